The van der Waals surface area contributed by atoms with Gasteiger partial charge in [-0.05, 0) is 43.3 Å². The van der Waals surface area contributed by atoms with E-state index in [9.17, 15) is 36.5 Å². The van der Waals surface area contributed by atoms with Crippen molar-refractivity contribution in [1.29, 1.82) is 0 Å². The highest BCUT2D eigenvalue weighted by Gasteiger charge is 2.35. The van der Waals surface area contributed by atoms with Crippen LogP contribution in [-0.2, 0) is 21.0 Å². The van der Waals surface area contributed by atoms with Gasteiger partial charge in [0.15, 0.2) is 0 Å². The van der Waals surface area contributed by atoms with Crippen LogP contribution in [0.5, 0.6) is 5.75 Å². The average molecular weight is 558 g/mol. The molecule has 37 heavy (non-hydrogen) atoms. The largest absolute Gasteiger partial charge is 0.495 e. The van der Waals surface area contributed by atoms with E-state index < -0.39 is 55.4 Å². The number of halogens is 4. The fourth-order valence-electron chi connectivity index (χ4n) is 3.39. The summed E-state index contributed by atoms with van der Waals surface area (Å²) in [6.07, 6.45) is -4.79. The third-order valence-electron chi connectivity index (χ3n) is 5.17. The molecule has 0 bridgehead atoms. The van der Waals surface area contributed by atoms with E-state index in [2.05, 4.69) is 5.32 Å². The molecule has 0 saturated carbocycles. The Morgan fingerprint density at radius 1 is 1.14 bits per heavy atom. The molecular formula is C23H19ClF3N3O6S. The van der Waals surface area contributed by atoms with E-state index in [1.165, 1.54) is 44.4 Å². The number of anilines is 2. The molecule has 0 spiro atoms. The Bertz CT molecular complexity index is 1460. The van der Waals surface area contributed by atoms with Crippen molar-refractivity contribution in [1.82, 2.24) is 0 Å². The summed E-state index contributed by atoms with van der Waals surface area (Å²) in [5.74, 6) is -1.15. The molecular weight excluding hydrogens is 539 g/mol. The normalized spacial score (nSPS) is 11.6. The lowest BCUT2D eigenvalue weighted by atomic mass is 10.1. The molecule has 196 valence electrons. The number of nitrogens with one attached hydrogen (secondary N) is 1. The number of hydrogen-bond acceptors (Lipinski definition) is 6. The second-order valence-corrected chi connectivity index (χ2v) is 9.92. The Morgan fingerprint density at radius 3 is 2.43 bits per heavy atom. The number of ether oxygens (including phenoxy) is 1. The summed E-state index contributed by atoms with van der Waals surface area (Å²) in [5, 5.41) is 13.5. The number of carbonyl (C=O) groups is 1. The van der Waals surface area contributed by atoms with Crippen LogP contribution in [0.3, 0.4) is 0 Å². The lowest BCUT2D eigenvalue weighted by Gasteiger charge is -2.26. The zero-order valence-electron chi connectivity index (χ0n) is 19.2. The van der Waals surface area contributed by atoms with Gasteiger partial charge >= 0.3 is 6.18 Å². The molecule has 3 rings (SSSR count). The molecule has 14 heteroatoms. The van der Waals surface area contributed by atoms with E-state index in [1.54, 1.807) is 0 Å². The molecule has 0 aromatic heterocycles. The zero-order chi connectivity index (χ0) is 27.5. The SMILES string of the molecule is COc1ccc(Cl)cc1N(CC(=O)Nc1ccccc1C(F)(F)F)S(=O)(=O)c1ccc(C)c([N+](=O)[O-])c1. The number of alkyl halides is 3. The Labute approximate surface area is 214 Å². The number of sulfonamides is 1. The molecule has 0 heterocycles. The van der Waals surface area contributed by atoms with Gasteiger partial charge in [-0.25, -0.2) is 8.42 Å². The van der Waals surface area contributed by atoms with Crippen molar-refractivity contribution in [2.45, 2.75) is 18.0 Å². The first-order valence-electron chi connectivity index (χ1n) is 10.3. The maximum absolute atomic E-state index is 13.7. The van der Waals surface area contributed by atoms with E-state index in [1.807, 2.05) is 0 Å². The van der Waals surface area contributed by atoms with Crippen molar-refractivity contribution in [2.24, 2.45) is 0 Å². The Morgan fingerprint density at radius 2 is 1.81 bits per heavy atom. The minimum atomic E-state index is -4.79. The van der Waals surface area contributed by atoms with Gasteiger partial charge < -0.3 is 10.1 Å². The fraction of sp³-hybridized carbons (Fsp3) is 0.174. The first-order chi connectivity index (χ1) is 17.3. The third-order valence-corrected chi connectivity index (χ3v) is 7.16. The van der Waals surface area contributed by atoms with Crippen molar-refractivity contribution in [3.63, 3.8) is 0 Å². The molecule has 1 amide bonds. The predicted molar refractivity (Wildman–Crippen MR) is 130 cm³/mol. The average Bonchev–Trinajstić information content (AvgIpc) is 2.82. The van der Waals surface area contributed by atoms with Crippen LogP contribution in [0.25, 0.3) is 0 Å². The fourth-order valence-corrected chi connectivity index (χ4v) is 5.00. The van der Waals surface area contributed by atoms with Gasteiger partial charge in [0.05, 0.1) is 33.9 Å². The summed E-state index contributed by atoms with van der Waals surface area (Å²) in [6, 6.07) is 11.2. The van der Waals surface area contributed by atoms with Gasteiger partial charge in [0.2, 0.25) is 5.91 Å². The van der Waals surface area contributed by atoms with Crippen LogP contribution in [0.2, 0.25) is 5.02 Å². The highest BCUT2D eigenvalue weighted by molar-refractivity contribution is 7.92. The van der Waals surface area contributed by atoms with Crippen LogP contribution in [0.4, 0.5) is 30.2 Å². The molecule has 0 saturated heterocycles. The topological polar surface area (TPSA) is 119 Å². The number of rotatable bonds is 8. The maximum Gasteiger partial charge on any atom is 0.418 e. The molecule has 0 aliphatic rings. The number of hydrogen-bond donors (Lipinski definition) is 1. The molecule has 0 radical (unpaired) electrons. The second-order valence-electron chi connectivity index (χ2n) is 7.62. The molecule has 3 aromatic carbocycles. The van der Waals surface area contributed by atoms with Gasteiger partial charge in [-0.15, -0.1) is 0 Å². The number of aryl methyl sites for hydroxylation is 1. The molecule has 0 atom stereocenters. The quantitative estimate of drug-likeness (QED) is 0.292. The highest BCUT2D eigenvalue weighted by atomic mass is 35.5. The third kappa shape index (κ3) is 6.12. The summed E-state index contributed by atoms with van der Waals surface area (Å²) in [7, 11) is -3.46. The van der Waals surface area contributed by atoms with Crippen LogP contribution < -0.4 is 14.4 Å². The molecule has 0 fully saturated rings. The standard InChI is InChI=1S/C23H19ClF3N3O6S/c1-14-7-9-16(12-19(14)30(32)33)37(34,35)29(20-11-15(24)8-10-21(20)36-2)13-22(31)28-18-6-4-3-5-17(18)23(25,26)27/h3-12H,13H2,1-2H3,(H,28,31). The first kappa shape index (κ1) is 27.7. The summed E-state index contributed by atoms with van der Waals surface area (Å²) in [4.78, 5) is 23.0. The number of benzene rings is 3. The van der Waals surface area contributed by atoms with Crippen LogP contribution in [0, 0.1) is 17.0 Å². The van der Waals surface area contributed by atoms with E-state index in [4.69, 9.17) is 16.3 Å². The Kier molecular flexibility index (Phi) is 7.98. The van der Waals surface area contributed by atoms with Crippen molar-refractivity contribution in [2.75, 3.05) is 23.3 Å². The summed E-state index contributed by atoms with van der Waals surface area (Å²) < 4.78 is 73.2. The Hall–Kier alpha value is -3.84. The minimum Gasteiger partial charge on any atom is -0.495 e. The molecule has 0 unspecified atom stereocenters. The molecule has 3 aromatic rings. The van der Waals surface area contributed by atoms with Crippen molar-refractivity contribution in [3.05, 3.63) is 86.9 Å². The zero-order valence-corrected chi connectivity index (χ0v) is 20.8. The summed E-state index contributed by atoms with van der Waals surface area (Å²) in [6.45, 7) is 0.407. The van der Waals surface area contributed by atoms with E-state index in [0.717, 1.165) is 30.3 Å². The highest BCUT2D eigenvalue weighted by Crippen LogP contribution is 2.37. The van der Waals surface area contributed by atoms with Gasteiger partial charge in [0.25, 0.3) is 15.7 Å². The number of carbonyl (C=O) groups excluding carboxylic acids is 1. The molecule has 9 nitrogen and oxygen atoms in total. The van der Waals surface area contributed by atoms with Gasteiger partial charge in [0.1, 0.15) is 12.3 Å². The molecule has 0 aliphatic carbocycles. The lowest BCUT2D eigenvalue weighted by Crippen LogP contribution is -2.38. The monoisotopic (exact) mass is 557 g/mol. The van der Waals surface area contributed by atoms with E-state index in [-0.39, 0.29) is 22.0 Å². The predicted octanol–water partition coefficient (Wildman–Crippen LogP) is 5.42. The van der Waals surface area contributed by atoms with Gasteiger partial charge in [-0.2, -0.15) is 13.2 Å². The first-order valence-corrected chi connectivity index (χ1v) is 12.1. The maximum atomic E-state index is 13.7. The number of amides is 1. The summed E-state index contributed by atoms with van der Waals surface area (Å²) >= 11 is 6.05. The van der Waals surface area contributed by atoms with Crippen molar-refractivity contribution >= 4 is 44.6 Å². The van der Waals surface area contributed by atoms with Crippen LogP contribution in [0.1, 0.15) is 11.1 Å². The van der Waals surface area contributed by atoms with Gasteiger partial charge in [0, 0.05) is 16.7 Å². The lowest BCUT2D eigenvalue weighted by molar-refractivity contribution is -0.385. The van der Waals surface area contributed by atoms with Crippen LogP contribution in [0.15, 0.2) is 65.6 Å². The number of para-hydroxylation sites is 1. The van der Waals surface area contributed by atoms with Gasteiger partial charge in [-0.3, -0.25) is 19.2 Å². The summed E-state index contributed by atoms with van der Waals surface area (Å²) in [5.41, 5.74) is -2.22. The van der Waals surface area contributed by atoms with E-state index >= 15 is 0 Å². The number of nitro groups is 1. The van der Waals surface area contributed by atoms with Crippen LogP contribution >= 0.6 is 11.6 Å². The number of methoxy groups -OCH3 is 1. The second kappa shape index (κ2) is 10.6. The van der Waals surface area contributed by atoms with Crippen molar-refractivity contribution in [3.8, 4) is 5.75 Å². The molecule has 1 N–H and O–H groups in total. The number of nitrogens with zero attached hydrogens (tertiary/aromatic N) is 2. The smallest absolute Gasteiger partial charge is 0.418 e. The Balaban J connectivity index is 2.11. The van der Waals surface area contributed by atoms with Crippen LogP contribution in [-0.4, -0.2) is 32.9 Å². The van der Waals surface area contributed by atoms with E-state index in [0.29, 0.717) is 4.31 Å². The van der Waals surface area contributed by atoms with Crippen molar-refractivity contribution < 1.29 is 36.0 Å². The molecule has 0 aliphatic heterocycles. The minimum absolute atomic E-state index is 0.0296. The number of nitro benzene ring substituents is 1. The van der Waals surface area contributed by atoms with Gasteiger partial charge in [-0.1, -0.05) is 29.8 Å².